The summed E-state index contributed by atoms with van der Waals surface area (Å²) in [7, 11) is 0. The van der Waals surface area contributed by atoms with Crippen molar-refractivity contribution in [3.05, 3.63) is 70.2 Å². The first kappa shape index (κ1) is 25.7. The summed E-state index contributed by atoms with van der Waals surface area (Å²) in [6.07, 6.45) is 9.33. The zero-order valence-corrected chi connectivity index (χ0v) is 19.1. The topological polar surface area (TPSA) is 87.1 Å². The predicted molar refractivity (Wildman–Crippen MR) is 127 cm³/mol. The highest BCUT2D eigenvalue weighted by Crippen LogP contribution is 2.27. The molecule has 0 aromatic heterocycles. The number of ether oxygens (including phenoxy) is 1. The third-order valence-electron chi connectivity index (χ3n) is 4.99. The highest BCUT2D eigenvalue weighted by Gasteiger charge is 2.21. The van der Waals surface area contributed by atoms with Crippen molar-refractivity contribution in [3.8, 4) is 5.75 Å². The maximum Gasteiger partial charge on any atom is 0.414 e. The Bertz CT molecular complexity index is 893. The van der Waals surface area contributed by atoms with E-state index in [0.717, 1.165) is 25.3 Å². The molecule has 6 nitrogen and oxygen atoms in total. The van der Waals surface area contributed by atoms with E-state index in [-0.39, 0.29) is 0 Å². The average Bonchev–Trinajstić information content (AvgIpc) is 2.78. The van der Waals surface area contributed by atoms with Crippen LogP contribution in [-0.4, -0.2) is 52.8 Å². The van der Waals surface area contributed by atoms with Crippen molar-refractivity contribution >= 4 is 41.2 Å². The lowest BCUT2D eigenvalue weighted by atomic mass is 9.99. The molecule has 0 spiro atoms. The molecule has 2 N–H and O–H groups in total. The van der Waals surface area contributed by atoms with E-state index in [1.807, 2.05) is 12.1 Å². The van der Waals surface area contributed by atoms with Crippen LogP contribution >= 0.6 is 23.2 Å². The average molecular weight is 480 g/mol. The second kappa shape index (κ2) is 13.8. The number of aliphatic carboxylic acids is 2. The second-order valence-electron chi connectivity index (χ2n) is 7.28. The lowest BCUT2D eigenvalue weighted by Crippen LogP contribution is -2.40. The van der Waals surface area contributed by atoms with Gasteiger partial charge in [-0.05, 0) is 43.5 Å². The molecule has 1 saturated heterocycles. The molecule has 2 aromatic carbocycles. The zero-order chi connectivity index (χ0) is 23.3. The lowest BCUT2D eigenvalue weighted by molar-refractivity contribution is -0.159. The number of piperidine rings is 1. The van der Waals surface area contributed by atoms with Gasteiger partial charge in [0.25, 0.3) is 0 Å². The van der Waals surface area contributed by atoms with E-state index in [2.05, 4.69) is 41.3 Å². The largest absolute Gasteiger partial charge is 0.493 e. The number of carboxylic acids is 2. The number of halogens is 2. The molecule has 1 atom stereocenters. The fraction of sp³-hybridized carbons (Fsp3) is 0.333. The summed E-state index contributed by atoms with van der Waals surface area (Å²) in [5, 5.41) is 15.9. The third kappa shape index (κ3) is 9.30. The molecule has 1 fully saturated rings. The van der Waals surface area contributed by atoms with Gasteiger partial charge in [-0.2, -0.15) is 0 Å². The van der Waals surface area contributed by atoms with Crippen LogP contribution in [0.5, 0.6) is 5.75 Å². The van der Waals surface area contributed by atoms with E-state index in [4.69, 9.17) is 47.7 Å². The molecular weight excluding hydrogens is 453 g/mol. The molecule has 32 heavy (non-hydrogen) atoms. The van der Waals surface area contributed by atoms with Crippen LogP contribution in [0.25, 0.3) is 6.08 Å². The third-order valence-corrected chi connectivity index (χ3v) is 5.73. The molecule has 3 rings (SSSR count). The van der Waals surface area contributed by atoms with Crippen LogP contribution in [0.4, 0.5) is 0 Å². The number of hydrogen-bond acceptors (Lipinski definition) is 4. The number of nitrogens with zero attached hydrogens (tertiary/aromatic N) is 1. The van der Waals surface area contributed by atoms with Crippen LogP contribution in [0.15, 0.2) is 54.6 Å². The van der Waals surface area contributed by atoms with Crippen molar-refractivity contribution in [2.75, 3.05) is 19.7 Å². The number of carbonyl (C=O) groups is 2. The van der Waals surface area contributed by atoms with Crippen molar-refractivity contribution in [2.24, 2.45) is 0 Å². The van der Waals surface area contributed by atoms with Gasteiger partial charge in [0.15, 0.2) is 0 Å². The minimum absolute atomic E-state index is 0.537. The molecule has 0 amide bonds. The monoisotopic (exact) mass is 479 g/mol. The number of carboxylic acid groups (broad SMARTS) is 2. The van der Waals surface area contributed by atoms with Gasteiger partial charge >= 0.3 is 11.9 Å². The summed E-state index contributed by atoms with van der Waals surface area (Å²) in [6.45, 7) is 2.85. The first-order valence-electron chi connectivity index (χ1n) is 10.4. The number of benzene rings is 2. The van der Waals surface area contributed by atoms with Gasteiger partial charge in [0.2, 0.25) is 0 Å². The summed E-state index contributed by atoms with van der Waals surface area (Å²) >= 11 is 12.0. The first-order valence-corrected chi connectivity index (χ1v) is 11.1. The standard InChI is InChI=1S/C22H25Cl2NO.C2H2O4/c23-21-12-11-20(17-22(21)24)26-16-13-19-10-4-5-14-25(19)15-6-9-18-7-2-1-3-8-18;3-1(4)2(5)6/h1-3,6-9,11-12,17,19H,4-5,10,13-16H2;(H,3,4)(H,5,6). The smallest absolute Gasteiger partial charge is 0.414 e. The quantitative estimate of drug-likeness (QED) is 0.510. The van der Waals surface area contributed by atoms with Crippen LogP contribution in [0.1, 0.15) is 31.2 Å². The van der Waals surface area contributed by atoms with Crippen molar-refractivity contribution < 1.29 is 24.5 Å². The Balaban J connectivity index is 0.000000534. The molecule has 1 aliphatic heterocycles. The number of hydrogen-bond donors (Lipinski definition) is 2. The van der Waals surface area contributed by atoms with Gasteiger partial charge in [-0.25, -0.2) is 9.59 Å². The highest BCUT2D eigenvalue weighted by atomic mass is 35.5. The van der Waals surface area contributed by atoms with E-state index in [1.165, 1.54) is 24.8 Å². The Labute approximate surface area is 198 Å². The van der Waals surface area contributed by atoms with Crippen LogP contribution in [-0.2, 0) is 9.59 Å². The highest BCUT2D eigenvalue weighted by molar-refractivity contribution is 6.42. The second-order valence-corrected chi connectivity index (χ2v) is 8.10. The van der Waals surface area contributed by atoms with E-state index in [0.29, 0.717) is 22.7 Å². The van der Waals surface area contributed by atoms with Crippen molar-refractivity contribution in [1.29, 1.82) is 0 Å². The molecule has 0 aliphatic carbocycles. The van der Waals surface area contributed by atoms with Gasteiger partial charge in [-0.15, -0.1) is 0 Å². The molecule has 2 aromatic rings. The summed E-state index contributed by atoms with van der Waals surface area (Å²) in [5.74, 6) is -2.87. The minimum atomic E-state index is -1.82. The fourth-order valence-corrected chi connectivity index (χ4v) is 3.68. The van der Waals surface area contributed by atoms with E-state index in [9.17, 15) is 0 Å². The van der Waals surface area contributed by atoms with Gasteiger partial charge in [0.05, 0.1) is 16.7 Å². The van der Waals surface area contributed by atoms with E-state index >= 15 is 0 Å². The first-order chi connectivity index (χ1) is 15.4. The van der Waals surface area contributed by atoms with Crippen molar-refractivity contribution in [1.82, 2.24) is 4.90 Å². The maximum atomic E-state index is 9.10. The Morgan fingerprint density at radius 3 is 2.41 bits per heavy atom. The molecular formula is C24H27Cl2NO5. The summed E-state index contributed by atoms with van der Waals surface area (Å²) in [6, 6.07) is 16.5. The van der Waals surface area contributed by atoms with Crippen LogP contribution in [0.2, 0.25) is 10.0 Å². The van der Waals surface area contributed by atoms with Crippen molar-refractivity contribution in [2.45, 2.75) is 31.7 Å². The van der Waals surface area contributed by atoms with Crippen molar-refractivity contribution in [3.63, 3.8) is 0 Å². The number of rotatable bonds is 7. The zero-order valence-electron chi connectivity index (χ0n) is 17.6. The van der Waals surface area contributed by atoms with Gasteiger partial charge in [-0.3, -0.25) is 4.90 Å². The van der Waals surface area contributed by atoms with Gasteiger partial charge in [0.1, 0.15) is 5.75 Å². The van der Waals surface area contributed by atoms with E-state index < -0.39 is 11.9 Å². The molecule has 0 bridgehead atoms. The Hall–Kier alpha value is -2.54. The molecule has 1 heterocycles. The molecule has 0 radical (unpaired) electrons. The SMILES string of the molecule is Clc1ccc(OCCC2CCCCN2CC=Cc2ccccc2)cc1Cl.O=C(O)C(=O)O. The van der Waals surface area contributed by atoms with Crippen LogP contribution < -0.4 is 4.74 Å². The lowest BCUT2D eigenvalue weighted by Gasteiger charge is -2.35. The normalized spacial score (nSPS) is 16.2. The minimum Gasteiger partial charge on any atom is -0.493 e. The number of likely N-dealkylation sites (tertiary alicyclic amines) is 1. The Morgan fingerprint density at radius 1 is 1.03 bits per heavy atom. The molecule has 8 heteroatoms. The fourth-order valence-electron chi connectivity index (χ4n) is 3.40. The summed E-state index contributed by atoms with van der Waals surface area (Å²) in [4.78, 5) is 20.8. The summed E-state index contributed by atoms with van der Waals surface area (Å²) in [5.41, 5.74) is 1.25. The Kier molecular flexibility index (Phi) is 11.1. The van der Waals surface area contributed by atoms with Crippen LogP contribution in [0.3, 0.4) is 0 Å². The van der Waals surface area contributed by atoms with Crippen LogP contribution in [0, 0.1) is 0 Å². The van der Waals surface area contributed by atoms with E-state index in [1.54, 1.807) is 12.1 Å². The van der Waals surface area contributed by atoms with Gasteiger partial charge in [0, 0.05) is 18.7 Å². The molecule has 1 unspecified atom stereocenters. The van der Waals surface area contributed by atoms with Gasteiger partial charge in [-0.1, -0.05) is 72.1 Å². The summed E-state index contributed by atoms with van der Waals surface area (Å²) < 4.78 is 5.88. The molecule has 172 valence electrons. The predicted octanol–water partition coefficient (Wildman–Crippen LogP) is 5.49. The van der Waals surface area contributed by atoms with Gasteiger partial charge < -0.3 is 14.9 Å². The Morgan fingerprint density at radius 2 is 1.75 bits per heavy atom. The molecule has 1 aliphatic rings. The maximum absolute atomic E-state index is 9.10. The molecule has 0 saturated carbocycles.